The maximum absolute atomic E-state index is 5.46. The van der Waals surface area contributed by atoms with Crippen molar-refractivity contribution in [3.63, 3.8) is 0 Å². The third-order valence-corrected chi connectivity index (χ3v) is 13.3. The molecule has 0 spiro atoms. The molecule has 0 bridgehead atoms. The predicted molar refractivity (Wildman–Crippen MR) is 284 cm³/mol. The summed E-state index contributed by atoms with van der Waals surface area (Å²) >= 11 is 0. The summed E-state index contributed by atoms with van der Waals surface area (Å²) < 4.78 is 2.34. The molecule has 0 aliphatic carbocycles. The first-order valence-electron chi connectivity index (χ1n) is 23.8. The van der Waals surface area contributed by atoms with Crippen LogP contribution in [0, 0.1) is 0 Å². The SMILES string of the molecule is c1ccc(-c2ccc(CCc3cc(CCc4ccc(-c5ccccc5)nc4)cc(-c4ccccc4-c4cnc5c6ccccc6c6c(-c7ccccc7)nc(-c7ccccc7)n6c5c4)c3)cn2)cc1. The van der Waals surface area contributed by atoms with Crippen LogP contribution in [0.25, 0.3) is 94.7 Å². The molecule has 0 radical (unpaired) electrons. The molecule has 5 heterocycles. The lowest BCUT2D eigenvalue weighted by molar-refractivity contribution is 0.923. The van der Waals surface area contributed by atoms with E-state index >= 15 is 0 Å². The van der Waals surface area contributed by atoms with Gasteiger partial charge in [0.2, 0.25) is 0 Å². The Morgan fingerprint density at radius 3 is 1.36 bits per heavy atom. The molecule has 69 heavy (non-hydrogen) atoms. The number of imidazole rings is 1. The molecule has 328 valence electrons. The molecule has 0 fully saturated rings. The monoisotopic (exact) mass is 885 g/mol. The maximum Gasteiger partial charge on any atom is 0.145 e. The van der Waals surface area contributed by atoms with Crippen molar-refractivity contribution in [3.8, 4) is 67.4 Å². The lowest BCUT2D eigenvalue weighted by Crippen LogP contribution is -1.99. The number of rotatable bonds is 12. The molecule has 0 saturated heterocycles. The van der Waals surface area contributed by atoms with Gasteiger partial charge in [-0.15, -0.1) is 0 Å². The Labute approximate surface area is 402 Å². The average Bonchev–Trinajstić information content (AvgIpc) is 3.85. The number of hydrogen-bond acceptors (Lipinski definition) is 4. The summed E-state index contributed by atoms with van der Waals surface area (Å²) in [4.78, 5) is 20.5. The first kappa shape index (κ1) is 41.6. The van der Waals surface area contributed by atoms with Crippen LogP contribution in [0.2, 0.25) is 0 Å². The van der Waals surface area contributed by atoms with Gasteiger partial charge in [0.1, 0.15) is 5.82 Å². The Kier molecular flexibility index (Phi) is 11.1. The molecular weight excluding hydrogens is 839 g/mol. The molecule has 0 aliphatic rings. The summed E-state index contributed by atoms with van der Waals surface area (Å²) in [5.41, 5.74) is 19.9. The van der Waals surface area contributed by atoms with Crippen LogP contribution in [-0.4, -0.2) is 24.3 Å². The van der Waals surface area contributed by atoms with Gasteiger partial charge in [-0.25, -0.2) is 4.98 Å². The maximum atomic E-state index is 5.46. The third kappa shape index (κ3) is 8.36. The van der Waals surface area contributed by atoms with Gasteiger partial charge in [-0.05, 0) is 82.8 Å². The number of nitrogens with zero attached hydrogens (tertiary/aromatic N) is 5. The number of pyridine rings is 4. The molecule has 0 saturated carbocycles. The van der Waals surface area contributed by atoms with Crippen LogP contribution >= 0.6 is 0 Å². The number of benzene rings is 7. The largest absolute Gasteiger partial charge is 0.289 e. The second kappa shape index (κ2) is 18.5. The summed E-state index contributed by atoms with van der Waals surface area (Å²) in [5.74, 6) is 0.889. The molecule has 0 aliphatic heterocycles. The van der Waals surface area contributed by atoms with Crippen molar-refractivity contribution in [2.75, 3.05) is 0 Å². The van der Waals surface area contributed by atoms with E-state index < -0.39 is 0 Å². The van der Waals surface area contributed by atoms with Crippen LogP contribution in [-0.2, 0) is 25.7 Å². The van der Waals surface area contributed by atoms with Gasteiger partial charge in [0, 0.05) is 57.2 Å². The van der Waals surface area contributed by atoms with Crippen molar-refractivity contribution >= 4 is 27.3 Å². The smallest absolute Gasteiger partial charge is 0.145 e. The minimum atomic E-state index is 0.885. The van der Waals surface area contributed by atoms with E-state index in [-0.39, 0.29) is 0 Å². The van der Waals surface area contributed by atoms with Crippen molar-refractivity contribution in [1.29, 1.82) is 0 Å². The van der Waals surface area contributed by atoms with Crippen molar-refractivity contribution in [2.45, 2.75) is 25.7 Å². The van der Waals surface area contributed by atoms with Gasteiger partial charge in [-0.1, -0.05) is 200 Å². The minimum Gasteiger partial charge on any atom is -0.289 e. The molecule has 7 aromatic carbocycles. The number of aryl methyl sites for hydroxylation is 4. The highest BCUT2D eigenvalue weighted by atomic mass is 15.0. The molecule has 5 aromatic heterocycles. The lowest BCUT2D eigenvalue weighted by Gasteiger charge is -2.16. The molecular formula is C64H47N5. The Morgan fingerprint density at radius 2 is 0.812 bits per heavy atom. The van der Waals surface area contributed by atoms with Crippen LogP contribution in [0.3, 0.4) is 0 Å². The summed E-state index contributed by atoms with van der Waals surface area (Å²) in [5, 5.41) is 2.22. The Balaban J connectivity index is 0.958. The van der Waals surface area contributed by atoms with Crippen molar-refractivity contribution < 1.29 is 0 Å². The van der Waals surface area contributed by atoms with E-state index in [9.17, 15) is 0 Å². The van der Waals surface area contributed by atoms with Crippen LogP contribution in [0.1, 0.15) is 22.3 Å². The van der Waals surface area contributed by atoms with Crippen LogP contribution in [0.5, 0.6) is 0 Å². The minimum absolute atomic E-state index is 0.885. The van der Waals surface area contributed by atoms with Crippen molar-refractivity contribution in [2.24, 2.45) is 0 Å². The second-order valence-corrected chi connectivity index (χ2v) is 17.8. The van der Waals surface area contributed by atoms with Gasteiger partial charge < -0.3 is 0 Å². The Hall–Kier alpha value is -8.80. The fourth-order valence-corrected chi connectivity index (χ4v) is 9.83. The van der Waals surface area contributed by atoms with E-state index in [1.165, 1.54) is 33.4 Å². The summed E-state index contributed by atoms with van der Waals surface area (Å²) in [6, 6.07) is 77.5. The van der Waals surface area contributed by atoms with Gasteiger partial charge in [0.15, 0.2) is 0 Å². The quantitative estimate of drug-likeness (QED) is 0.115. The second-order valence-electron chi connectivity index (χ2n) is 17.8. The van der Waals surface area contributed by atoms with Crippen LogP contribution < -0.4 is 0 Å². The van der Waals surface area contributed by atoms with E-state index in [0.717, 1.165) is 109 Å². The van der Waals surface area contributed by atoms with E-state index in [1.807, 2.05) is 24.5 Å². The Morgan fingerprint density at radius 1 is 0.333 bits per heavy atom. The highest BCUT2D eigenvalue weighted by Gasteiger charge is 2.22. The number of hydrogen-bond donors (Lipinski definition) is 0. The lowest BCUT2D eigenvalue weighted by atomic mass is 9.90. The zero-order valence-corrected chi connectivity index (χ0v) is 38.1. The number of fused-ring (bicyclic) bond motifs is 6. The van der Waals surface area contributed by atoms with E-state index in [1.54, 1.807) is 0 Å². The van der Waals surface area contributed by atoms with Gasteiger partial charge in [-0.3, -0.25) is 19.4 Å². The van der Waals surface area contributed by atoms with Crippen LogP contribution in [0.15, 0.2) is 237 Å². The molecule has 5 heteroatoms. The fraction of sp³-hybridized carbons (Fsp3) is 0.0625. The Bertz CT molecular complexity index is 3630. The molecule has 0 N–H and O–H groups in total. The molecule has 0 unspecified atom stereocenters. The summed E-state index contributed by atoms with van der Waals surface area (Å²) in [6.07, 6.45) is 9.67. The summed E-state index contributed by atoms with van der Waals surface area (Å²) in [6.45, 7) is 0. The van der Waals surface area contributed by atoms with Gasteiger partial charge >= 0.3 is 0 Å². The highest BCUT2D eigenvalue weighted by molar-refractivity contribution is 6.15. The third-order valence-electron chi connectivity index (χ3n) is 13.3. The predicted octanol–water partition coefficient (Wildman–Crippen LogP) is 15.4. The van der Waals surface area contributed by atoms with Gasteiger partial charge in [0.25, 0.3) is 0 Å². The first-order chi connectivity index (χ1) is 34.2. The molecule has 12 rings (SSSR count). The zero-order valence-electron chi connectivity index (χ0n) is 38.1. The number of aromatic nitrogens is 5. The topological polar surface area (TPSA) is 56.0 Å². The standard InChI is InChI=1S/C64H47N5/c1-5-17-48(18-6-1)58-35-33-44(41-65-58)29-31-46-37-47(32-30-45-34-36-59(66-42-45)49-19-7-2-8-20-49)39-52(38-46)54-25-13-14-26-55(54)53-40-60-62(67-43-53)56-27-15-16-28-57(56)63-61(50-21-9-3-10-22-50)68-64(69(60)63)51-23-11-4-12-24-51/h1-28,33-43H,29-32H2. The average molecular weight is 886 g/mol. The van der Waals surface area contributed by atoms with Crippen LogP contribution in [0.4, 0.5) is 0 Å². The molecule has 12 aromatic rings. The van der Waals surface area contributed by atoms with Crippen molar-refractivity contribution in [1.82, 2.24) is 24.3 Å². The molecule has 0 atom stereocenters. The normalized spacial score (nSPS) is 11.4. The summed E-state index contributed by atoms with van der Waals surface area (Å²) in [7, 11) is 0. The van der Waals surface area contributed by atoms with Gasteiger partial charge in [0.05, 0.1) is 33.6 Å². The van der Waals surface area contributed by atoms with E-state index in [4.69, 9.17) is 19.9 Å². The molecule has 5 nitrogen and oxygen atoms in total. The zero-order chi connectivity index (χ0) is 45.9. The fourth-order valence-electron chi connectivity index (χ4n) is 9.83. The molecule has 0 amide bonds. The first-order valence-corrected chi connectivity index (χ1v) is 23.8. The van der Waals surface area contributed by atoms with E-state index in [0.29, 0.717) is 0 Å². The highest BCUT2D eigenvalue weighted by Crippen LogP contribution is 2.41. The van der Waals surface area contributed by atoms with E-state index in [2.05, 4.69) is 217 Å². The van der Waals surface area contributed by atoms with Gasteiger partial charge in [-0.2, -0.15) is 0 Å². The van der Waals surface area contributed by atoms with Crippen molar-refractivity contribution in [3.05, 3.63) is 259 Å².